The molecule has 3 unspecified atom stereocenters. The van der Waals surface area contributed by atoms with Gasteiger partial charge in [-0.15, -0.1) is 0 Å². The van der Waals surface area contributed by atoms with Crippen molar-refractivity contribution in [1.29, 1.82) is 0 Å². The van der Waals surface area contributed by atoms with Gasteiger partial charge in [-0.2, -0.15) is 0 Å². The van der Waals surface area contributed by atoms with Crippen LogP contribution in [0.5, 0.6) is 0 Å². The number of hydrogen-bond acceptors (Lipinski definition) is 2. The summed E-state index contributed by atoms with van der Waals surface area (Å²) in [6, 6.07) is 2.25. The van der Waals surface area contributed by atoms with Crippen LogP contribution in [0.4, 0.5) is 0 Å². The summed E-state index contributed by atoms with van der Waals surface area (Å²) in [5.41, 5.74) is 7.61. The number of aromatic nitrogens is 1. The number of pyridine rings is 1. The SMILES string of the molecule is CCC1CCCCC1C(N)c1cncc(Br)c1. The minimum atomic E-state index is 0.144. The van der Waals surface area contributed by atoms with Gasteiger partial charge in [-0.05, 0) is 45.8 Å². The fourth-order valence-corrected chi connectivity index (χ4v) is 3.46. The Hall–Kier alpha value is -0.410. The molecular formula is C14H21BrN2. The zero-order valence-corrected chi connectivity index (χ0v) is 12.0. The van der Waals surface area contributed by atoms with Crippen LogP contribution in [0.1, 0.15) is 50.6 Å². The van der Waals surface area contributed by atoms with Gasteiger partial charge in [0.2, 0.25) is 0 Å². The molecule has 1 aromatic rings. The minimum Gasteiger partial charge on any atom is -0.324 e. The van der Waals surface area contributed by atoms with Crippen molar-refractivity contribution >= 4 is 15.9 Å². The lowest BCUT2D eigenvalue weighted by Crippen LogP contribution is -2.30. The topological polar surface area (TPSA) is 38.9 Å². The van der Waals surface area contributed by atoms with Gasteiger partial charge < -0.3 is 5.73 Å². The highest BCUT2D eigenvalue weighted by molar-refractivity contribution is 9.10. The molecule has 0 bridgehead atoms. The van der Waals surface area contributed by atoms with Crippen molar-refractivity contribution in [2.24, 2.45) is 17.6 Å². The first-order chi connectivity index (χ1) is 8.22. The molecule has 1 aliphatic rings. The summed E-state index contributed by atoms with van der Waals surface area (Å²) in [6.07, 6.45) is 10.3. The monoisotopic (exact) mass is 296 g/mol. The van der Waals surface area contributed by atoms with Crippen molar-refractivity contribution in [1.82, 2.24) is 4.98 Å². The lowest BCUT2D eigenvalue weighted by atomic mass is 9.73. The van der Waals surface area contributed by atoms with E-state index >= 15 is 0 Å². The highest BCUT2D eigenvalue weighted by atomic mass is 79.9. The minimum absolute atomic E-state index is 0.144. The Morgan fingerprint density at radius 2 is 2.18 bits per heavy atom. The first kappa shape index (κ1) is 13.0. The maximum absolute atomic E-state index is 6.44. The van der Waals surface area contributed by atoms with Crippen LogP contribution >= 0.6 is 15.9 Å². The van der Waals surface area contributed by atoms with Crippen LogP contribution in [-0.4, -0.2) is 4.98 Å². The molecular weight excluding hydrogens is 276 g/mol. The van der Waals surface area contributed by atoms with Gasteiger partial charge in [-0.25, -0.2) is 0 Å². The third-order valence-corrected chi connectivity index (χ3v) is 4.50. The van der Waals surface area contributed by atoms with Gasteiger partial charge in [0, 0.05) is 22.9 Å². The van der Waals surface area contributed by atoms with Crippen molar-refractivity contribution in [2.75, 3.05) is 0 Å². The van der Waals surface area contributed by atoms with Gasteiger partial charge in [0.05, 0.1) is 0 Å². The van der Waals surface area contributed by atoms with Crippen molar-refractivity contribution in [3.05, 3.63) is 28.5 Å². The summed E-state index contributed by atoms with van der Waals surface area (Å²) in [5, 5.41) is 0. The van der Waals surface area contributed by atoms with E-state index < -0.39 is 0 Å². The molecule has 3 atom stereocenters. The van der Waals surface area contributed by atoms with Crippen molar-refractivity contribution in [2.45, 2.75) is 45.1 Å². The van der Waals surface area contributed by atoms with Crippen molar-refractivity contribution in [3.63, 3.8) is 0 Å². The maximum atomic E-state index is 6.44. The van der Waals surface area contributed by atoms with Crippen LogP contribution in [0.15, 0.2) is 22.9 Å². The molecule has 2 N–H and O–H groups in total. The van der Waals surface area contributed by atoms with Gasteiger partial charge in [0.15, 0.2) is 0 Å². The molecule has 1 aromatic heterocycles. The van der Waals surface area contributed by atoms with E-state index in [0.29, 0.717) is 5.92 Å². The Balaban J connectivity index is 2.15. The third kappa shape index (κ3) is 3.08. The molecule has 1 saturated carbocycles. The first-order valence-electron chi connectivity index (χ1n) is 6.58. The van der Waals surface area contributed by atoms with E-state index in [0.717, 1.165) is 10.4 Å². The van der Waals surface area contributed by atoms with Gasteiger partial charge in [0.25, 0.3) is 0 Å². The molecule has 1 fully saturated rings. The molecule has 17 heavy (non-hydrogen) atoms. The molecule has 1 heterocycles. The van der Waals surface area contributed by atoms with E-state index in [1.54, 1.807) is 0 Å². The lowest BCUT2D eigenvalue weighted by Gasteiger charge is -2.35. The van der Waals surface area contributed by atoms with Crippen LogP contribution in [0.25, 0.3) is 0 Å². The molecule has 0 aliphatic heterocycles. The molecule has 0 radical (unpaired) electrons. The average Bonchev–Trinajstić information content (AvgIpc) is 2.38. The molecule has 3 heteroatoms. The van der Waals surface area contributed by atoms with Crippen molar-refractivity contribution in [3.8, 4) is 0 Å². The number of halogens is 1. The normalized spacial score (nSPS) is 26.8. The highest BCUT2D eigenvalue weighted by Crippen LogP contribution is 2.39. The van der Waals surface area contributed by atoms with Crippen LogP contribution < -0.4 is 5.73 Å². The largest absolute Gasteiger partial charge is 0.324 e. The highest BCUT2D eigenvalue weighted by Gasteiger charge is 2.29. The molecule has 1 aliphatic carbocycles. The summed E-state index contributed by atoms with van der Waals surface area (Å²) in [5.74, 6) is 1.42. The lowest BCUT2D eigenvalue weighted by molar-refractivity contribution is 0.196. The summed E-state index contributed by atoms with van der Waals surface area (Å²) in [7, 11) is 0. The number of hydrogen-bond donors (Lipinski definition) is 1. The van der Waals surface area contributed by atoms with E-state index in [9.17, 15) is 0 Å². The molecule has 2 rings (SSSR count). The molecule has 0 aromatic carbocycles. The van der Waals surface area contributed by atoms with Crippen molar-refractivity contribution < 1.29 is 0 Å². The van der Waals surface area contributed by atoms with Gasteiger partial charge in [-0.3, -0.25) is 4.98 Å². The summed E-state index contributed by atoms with van der Waals surface area (Å²) < 4.78 is 1.02. The second-order valence-corrected chi connectivity index (χ2v) is 5.99. The van der Waals surface area contributed by atoms with Crippen LogP contribution in [0.3, 0.4) is 0 Å². The third-order valence-electron chi connectivity index (χ3n) is 4.06. The van der Waals surface area contributed by atoms with E-state index in [4.69, 9.17) is 5.73 Å². The van der Waals surface area contributed by atoms with E-state index in [-0.39, 0.29) is 6.04 Å². The number of rotatable bonds is 3. The second-order valence-electron chi connectivity index (χ2n) is 5.08. The Morgan fingerprint density at radius 3 is 2.88 bits per heavy atom. The maximum Gasteiger partial charge on any atom is 0.0410 e. The van der Waals surface area contributed by atoms with Crippen LogP contribution in [0.2, 0.25) is 0 Å². The fourth-order valence-electron chi connectivity index (χ4n) is 3.07. The summed E-state index contributed by atoms with van der Waals surface area (Å²) in [6.45, 7) is 2.29. The van der Waals surface area contributed by atoms with Crippen LogP contribution in [0, 0.1) is 11.8 Å². The molecule has 0 spiro atoms. The Kier molecular flexibility index (Phi) is 4.57. The first-order valence-corrected chi connectivity index (χ1v) is 7.37. The summed E-state index contributed by atoms with van der Waals surface area (Å²) >= 11 is 3.47. The number of nitrogens with zero attached hydrogens (tertiary/aromatic N) is 1. The smallest absolute Gasteiger partial charge is 0.0410 e. The van der Waals surface area contributed by atoms with Crippen LogP contribution in [-0.2, 0) is 0 Å². The molecule has 0 amide bonds. The molecule has 0 saturated heterocycles. The Bertz CT molecular complexity index is 367. The zero-order valence-electron chi connectivity index (χ0n) is 10.4. The van der Waals surface area contributed by atoms with Gasteiger partial charge in [-0.1, -0.05) is 32.6 Å². The predicted molar refractivity (Wildman–Crippen MR) is 74.6 cm³/mol. The average molecular weight is 297 g/mol. The molecule has 2 nitrogen and oxygen atoms in total. The quantitative estimate of drug-likeness (QED) is 0.913. The molecule has 94 valence electrons. The van der Waals surface area contributed by atoms with E-state index in [1.165, 1.54) is 37.7 Å². The fraction of sp³-hybridized carbons (Fsp3) is 0.643. The standard InChI is InChI=1S/C14H21BrN2/c1-2-10-5-3-4-6-13(10)14(16)11-7-12(15)9-17-8-11/h7-10,13-14H,2-6,16H2,1H3. The van der Waals surface area contributed by atoms with Gasteiger partial charge in [0.1, 0.15) is 0 Å². The zero-order chi connectivity index (χ0) is 12.3. The Morgan fingerprint density at radius 1 is 1.41 bits per heavy atom. The predicted octanol–water partition coefficient (Wildman–Crippen LogP) is 4.06. The van der Waals surface area contributed by atoms with E-state index in [2.05, 4.69) is 33.9 Å². The second kappa shape index (κ2) is 5.96. The Labute approximate surface area is 112 Å². The number of nitrogens with two attached hydrogens (primary N) is 1. The van der Waals surface area contributed by atoms with Gasteiger partial charge >= 0.3 is 0 Å². The van der Waals surface area contributed by atoms with E-state index in [1.807, 2.05) is 12.4 Å². The summed E-state index contributed by atoms with van der Waals surface area (Å²) in [4.78, 5) is 4.22.